The molecule has 2 rings (SSSR count). The molecule has 23 heavy (non-hydrogen) atoms. The van der Waals surface area contributed by atoms with Crippen LogP contribution in [-0.4, -0.2) is 25.0 Å². The van der Waals surface area contributed by atoms with Crippen LogP contribution in [0.15, 0.2) is 42.5 Å². The van der Waals surface area contributed by atoms with E-state index in [1.807, 2.05) is 31.2 Å². The van der Waals surface area contributed by atoms with Gasteiger partial charge < -0.3 is 9.64 Å². The first-order chi connectivity index (χ1) is 10.9. The van der Waals surface area contributed by atoms with E-state index in [1.54, 1.807) is 25.1 Å². The Morgan fingerprint density at radius 2 is 1.91 bits per heavy atom. The van der Waals surface area contributed by atoms with Crippen molar-refractivity contribution in [2.24, 2.45) is 0 Å². The Balaban J connectivity index is 2.25. The van der Waals surface area contributed by atoms with E-state index in [0.29, 0.717) is 5.69 Å². The van der Waals surface area contributed by atoms with Gasteiger partial charge in [0.2, 0.25) is 0 Å². The highest BCUT2D eigenvalue weighted by atomic mass is 16.6. The summed E-state index contributed by atoms with van der Waals surface area (Å²) in [6.07, 6.45) is 0. The van der Waals surface area contributed by atoms with Gasteiger partial charge in [0.05, 0.1) is 16.2 Å². The van der Waals surface area contributed by atoms with E-state index >= 15 is 0 Å². The standard InChI is InChI=1S/C17H18N2O4/c1-12-6-4-5-7-13(12)11-23-17(20)15-10-14(19(21)22)8-9-16(15)18(2)3/h4-10H,11H2,1-3H3. The summed E-state index contributed by atoms with van der Waals surface area (Å²) in [7, 11) is 3.53. The molecule has 0 N–H and O–H groups in total. The van der Waals surface area contributed by atoms with Crippen molar-refractivity contribution in [1.82, 2.24) is 0 Å². The summed E-state index contributed by atoms with van der Waals surface area (Å²) in [6.45, 7) is 2.06. The molecule has 2 aromatic carbocycles. The molecule has 0 heterocycles. The zero-order chi connectivity index (χ0) is 17.0. The molecule has 0 unspecified atom stereocenters. The van der Waals surface area contributed by atoms with E-state index in [9.17, 15) is 14.9 Å². The predicted molar refractivity (Wildman–Crippen MR) is 87.7 cm³/mol. The van der Waals surface area contributed by atoms with E-state index in [2.05, 4.69) is 0 Å². The molecular formula is C17H18N2O4. The molecule has 120 valence electrons. The number of carbonyl (C=O) groups excluding carboxylic acids is 1. The molecule has 0 aliphatic carbocycles. The number of non-ortho nitro benzene ring substituents is 1. The third kappa shape index (κ3) is 3.85. The van der Waals surface area contributed by atoms with Crippen molar-refractivity contribution in [3.63, 3.8) is 0 Å². The van der Waals surface area contributed by atoms with Crippen LogP contribution >= 0.6 is 0 Å². The number of nitro benzene ring substituents is 1. The lowest BCUT2D eigenvalue weighted by atomic mass is 10.1. The number of ether oxygens (including phenoxy) is 1. The number of nitro groups is 1. The average Bonchev–Trinajstić information content (AvgIpc) is 2.53. The van der Waals surface area contributed by atoms with Crippen LogP contribution in [0.3, 0.4) is 0 Å². The Labute approximate surface area is 134 Å². The molecular weight excluding hydrogens is 296 g/mol. The normalized spacial score (nSPS) is 10.2. The number of esters is 1. The van der Waals surface area contributed by atoms with Crippen LogP contribution in [0.4, 0.5) is 11.4 Å². The minimum Gasteiger partial charge on any atom is -0.457 e. The monoisotopic (exact) mass is 314 g/mol. The van der Waals surface area contributed by atoms with Crippen LogP contribution < -0.4 is 4.90 Å². The minimum atomic E-state index is -0.583. The van der Waals surface area contributed by atoms with Gasteiger partial charge in [-0.1, -0.05) is 24.3 Å². The van der Waals surface area contributed by atoms with Gasteiger partial charge in [-0.15, -0.1) is 0 Å². The Kier molecular flexibility index (Phi) is 4.95. The highest BCUT2D eigenvalue weighted by Crippen LogP contribution is 2.25. The molecule has 0 radical (unpaired) electrons. The van der Waals surface area contributed by atoms with Gasteiger partial charge in [0.25, 0.3) is 5.69 Å². The van der Waals surface area contributed by atoms with Crippen molar-refractivity contribution in [2.45, 2.75) is 13.5 Å². The minimum absolute atomic E-state index is 0.126. The second kappa shape index (κ2) is 6.91. The summed E-state index contributed by atoms with van der Waals surface area (Å²) in [5, 5.41) is 10.9. The number of hydrogen-bond acceptors (Lipinski definition) is 5. The van der Waals surface area contributed by atoms with Gasteiger partial charge >= 0.3 is 5.97 Å². The summed E-state index contributed by atoms with van der Waals surface area (Å²) in [5.41, 5.74) is 2.53. The maximum Gasteiger partial charge on any atom is 0.340 e. The molecule has 0 aliphatic rings. The fraction of sp³-hybridized carbons (Fsp3) is 0.235. The summed E-state index contributed by atoms with van der Waals surface area (Å²) < 4.78 is 5.33. The Morgan fingerprint density at radius 3 is 2.52 bits per heavy atom. The van der Waals surface area contributed by atoms with Crippen molar-refractivity contribution in [3.8, 4) is 0 Å². The van der Waals surface area contributed by atoms with Crippen molar-refractivity contribution < 1.29 is 14.5 Å². The zero-order valence-electron chi connectivity index (χ0n) is 13.3. The average molecular weight is 314 g/mol. The first-order valence-corrected chi connectivity index (χ1v) is 7.07. The van der Waals surface area contributed by atoms with Gasteiger partial charge in [-0.3, -0.25) is 10.1 Å². The quantitative estimate of drug-likeness (QED) is 0.481. The van der Waals surface area contributed by atoms with Crippen LogP contribution in [0.5, 0.6) is 0 Å². The maximum atomic E-state index is 12.4. The Morgan fingerprint density at radius 1 is 1.22 bits per heavy atom. The summed E-state index contributed by atoms with van der Waals surface area (Å²) >= 11 is 0. The van der Waals surface area contributed by atoms with Gasteiger partial charge in [0.15, 0.2) is 0 Å². The molecule has 0 saturated heterocycles. The van der Waals surface area contributed by atoms with Crippen molar-refractivity contribution >= 4 is 17.3 Å². The molecule has 0 atom stereocenters. The number of rotatable bonds is 5. The molecule has 0 saturated carbocycles. The SMILES string of the molecule is Cc1ccccc1COC(=O)c1cc([N+](=O)[O-])ccc1N(C)C. The molecule has 0 fully saturated rings. The van der Waals surface area contributed by atoms with Crippen molar-refractivity contribution in [2.75, 3.05) is 19.0 Å². The van der Waals surface area contributed by atoms with E-state index in [0.717, 1.165) is 11.1 Å². The smallest absolute Gasteiger partial charge is 0.340 e. The second-order valence-corrected chi connectivity index (χ2v) is 5.36. The molecule has 0 spiro atoms. The highest BCUT2D eigenvalue weighted by Gasteiger charge is 2.19. The highest BCUT2D eigenvalue weighted by molar-refractivity contribution is 5.96. The topological polar surface area (TPSA) is 72.7 Å². The summed E-state index contributed by atoms with van der Waals surface area (Å²) in [4.78, 5) is 24.5. The van der Waals surface area contributed by atoms with Gasteiger partial charge in [0.1, 0.15) is 6.61 Å². The molecule has 0 bridgehead atoms. The molecule has 0 amide bonds. The van der Waals surface area contributed by atoms with Crippen LogP contribution in [0.2, 0.25) is 0 Å². The maximum absolute atomic E-state index is 12.4. The number of anilines is 1. The number of carbonyl (C=O) groups is 1. The molecule has 6 nitrogen and oxygen atoms in total. The molecule has 6 heteroatoms. The molecule has 2 aromatic rings. The predicted octanol–water partition coefficient (Wildman–Crippen LogP) is 3.33. The van der Waals surface area contributed by atoms with Crippen molar-refractivity contribution in [3.05, 3.63) is 69.3 Å². The van der Waals surface area contributed by atoms with Crippen LogP contribution in [0.1, 0.15) is 21.5 Å². The Bertz CT molecular complexity index is 741. The van der Waals surface area contributed by atoms with E-state index < -0.39 is 10.9 Å². The van der Waals surface area contributed by atoms with Gasteiger partial charge in [-0.25, -0.2) is 4.79 Å². The van der Waals surface area contributed by atoms with E-state index in [-0.39, 0.29) is 17.9 Å². The van der Waals surface area contributed by atoms with Crippen LogP contribution in [0, 0.1) is 17.0 Å². The lowest BCUT2D eigenvalue weighted by molar-refractivity contribution is -0.384. The third-order valence-corrected chi connectivity index (χ3v) is 3.51. The van der Waals surface area contributed by atoms with Crippen LogP contribution in [0.25, 0.3) is 0 Å². The zero-order valence-corrected chi connectivity index (χ0v) is 13.3. The van der Waals surface area contributed by atoms with Gasteiger partial charge in [0, 0.05) is 26.2 Å². The number of hydrogen-bond donors (Lipinski definition) is 0. The molecule has 0 aromatic heterocycles. The third-order valence-electron chi connectivity index (χ3n) is 3.51. The lowest BCUT2D eigenvalue weighted by Gasteiger charge is -2.16. The first-order valence-electron chi connectivity index (χ1n) is 7.07. The fourth-order valence-electron chi connectivity index (χ4n) is 2.18. The fourth-order valence-corrected chi connectivity index (χ4v) is 2.18. The second-order valence-electron chi connectivity index (χ2n) is 5.36. The van der Waals surface area contributed by atoms with E-state index in [4.69, 9.17) is 4.74 Å². The van der Waals surface area contributed by atoms with Crippen LogP contribution in [-0.2, 0) is 11.3 Å². The van der Waals surface area contributed by atoms with Gasteiger partial charge in [-0.2, -0.15) is 0 Å². The molecule has 0 aliphatic heterocycles. The largest absolute Gasteiger partial charge is 0.457 e. The summed E-state index contributed by atoms with van der Waals surface area (Å²) in [5.74, 6) is -0.583. The first kappa shape index (κ1) is 16.5. The number of aryl methyl sites for hydroxylation is 1. The van der Waals surface area contributed by atoms with Crippen molar-refractivity contribution in [1.29, 1.82) is 0 Å². The summed E-state index contributed by atoms with van der Waals surface area (Å²) in [6, 6.07) is 11.7. The van der Waals surface area contributed by atoms with E-state index in [1.165, 1.54) is 12.1 Å². The Hall–Kier alpha value is -2.89. The lowest BCUT2D eigenvalue weighted by Crippen LogP contribution is -2.16. The number of benzene rings is 2. The number of nitrogens with zero attached hydrogens (tertiary/aromatic N) is 2. The van der Waals surface area contributed by atoms with Gasteiger partial charge in [-0.05, 0) is 24.1 Å².